The van der Waals surface area contributed by atoms with Gasteiger partial charge in [-0.15, -0.1) is 0 Å². The monoisotopic (exact) mass is 142 g/mol. The summed E-state index contributed by atoms with van der Waals surface area (Å²) in [6.45, 7) is 8.18. The average molecular weight is 142 g/mol. The van der Waals surface area contributed by atoms with Gasteiger partial charge < -0.3 is 4.43 Å². The van der Waals surface area contributed by atoms with Crippen LogP contribution in [0.5, 0.6) is 0 Å². The van der Waals surface area contributed by atoms with Crippen LogP contribution >= 0.6 is 0 Å². The predicted molar refractivity (Wildman–Crippen MR) is 41.4 cm³/mol. The standard InChI is InChI=1S/C7H14OSi/c1-5-6-9-8-7(2,3)4/h5-6H,1-4H3/b6-5+. The van der Waals surface area contributed by atoms with Gasteiger partial charge in [0.15, 0.2) is 0 Å². The van der Waals surface area contributed by atoms with E-state index >= 15 is 0 Å². The Kier molecular flexibility index (Phi) is 3.82. The second kappa shape index (κ2) is 3.85. The predicted octanol–water partition coefficient (Wildman–Crippen LogP) is 1.95. The van der Waals surface area contributed by atoms with Gasteiger partial charge in [-0.3, -0.25) is 0 Å². The number of rotatable bonds is 2. The summed E-state index contributed by atoms with van der Waals surface area (Å²) in [6, 6.07) is 0. The molecule has 0 aromatic heterocycles. The lowest BCUT2D eigenvalue weighted by Crippen LogP contribution is -2.20. The molecule has 0 heterocycles. The van der Waals surface area contributed by atoms with E-state index in [0.29, 0.717) is 9.76 Å². The molecule has 0 amide bonds. The summed E-state index contributed by atoms with van der Waals surface area (Å²) >= 11 is 0. The van der Waals surface area contributed by atoms with Gasteiger partial charge >= 0.3 is 0 Å². The minimum atomic E-state index is 0.0119. The largest absolute Gasteiger partial charge is 0.407 e. The third-order valence-electron chi connectivity index (χ3n) is 0.600. The Morgan fingerprint density at radius 3 is 2.22 bits per heavy atom. The first-order chi connectivity index (χ1) is 4.06. The average Bonchev–Trinajstić information content (AvgIpc) is 1.63. The maximum Gasteiger partial charge on any atom is 0.261 e. The molecule has 0 fully saturated rings. The molecule has 0 aromatic rings. The molecule has 1 nitrogen and oxygen atoms in total. The van der Waals surface area contributed by atoms with Gasteiger partial charge in [0, 0.05) is 5.60 Å². The van der Waals surface area contributed by atoms with Crippen molar-refractivity contribution in [2.75, 3.05) is 0 Å². The highest BCUT2D eigenvalue weighted by Crippen LogP contribution is 2.04. The molecule has 0 atom stereocenters. The van der Waals surface area contributed by atoms with Crippen molar-refractivity contribution < 1.29 is 4.43 Å². The molecular formula is C7H14OSi. The van der Waals surface area contributed by atoms with Crippen molar-refractivity contribution in [3.05, 3.63) is 11.8 Å². The molecule has 52 valence electrons. The SMILES string of the molecule is C/C=C/[Si]OC(C)(C)C. The lowest BCUT2D eigenvalue weighted by atomic mass is 10.2. The molecule has 0 saturated carbocycles. The molecule has 2 radical (unpaired) electrons. The molecule has 2 heteroatoms. The minimum Gasteiger partial charge on any atom is -0.407 e. The van der Waals surface area contributed by atoms with E-state index in [2.05, 4.69) is 20.8 Å². The highest BCUT2D eigenvalue weighted by atomic mass is 28.2. The van der Waals surface area contributed by atoms with E-state index in [4.69, 9.17) is 4.43 Å². The fourth-order valence-corrected chi connectivity index (χ4v) is 0.837. The van der Waals surface area contributed by atoms with Crippen molar-refractivity contribution in [1.82, 2.24) is 0 Å². The molecular weight excluding hydrogens is 128 g/mol. The third kappa shape index (κ3) is 7.92. The van der Waals surface area contributed by atoms with Crippen LogP contribution in [0.2, 0.25) is 0 Å². The van der Waals surface area contributed by atoms with E-state index in [1.807, 2.05) is 18.7 Å². The summed E-state index contributed by atoms with van der Waals surface area (Å²) in [5, 5.41) is 0. The van der Waals surface area contributed by atoms with E-state index in [0.717, 1.165) is 0 Å². The van der Waals surface area contributed by atoms with Crippen LogP contribution in [-0.2, 0) is 4.43 Å². The normalized spacial score (nSPS) is 12.9. The second-order valence-corrected chi connectivity index (χ2v) is 3.61. The molecule has 9 heavy (non-hydrogen) atoms. The number of allylic oxidation sites excluding steroid dienone is 1. The fraction of sp³-hybridized carbons (Fsp3) is 0.714. The van der Waals surface area contributed by atoms with Crippen LogP contribution in [0.4, 0.5) is 0 Å². The maximum absolute atomic E-state index is 5.41. The van der Waals surface area contributed by atoms with Crippen LogP contribution in [0.1, 0.15) is 27.7 Å². The van der Waals surface area contributed by atoms with Gasteiger partial charge in [-0.1, -0.05) is 11.8 Å². The van der Waals surface area contributed by atoms with Crippen LogP contribution in [0.3, 0.4) is 0 Å². The van der Waals surface area contributed by atoms with Crippen LogP contribution in [0.15, 0.2) is 11.8 Å². The zero-order valence-corrected chi connectivity index (χ0v) is 7.56. The zero-order chi connectivity index (χ0) is 7.33. The molecule has 0 saturated heterocycles. The Morgan fingerprint density at radius 2 is 1.89 bits per heavy atom. The smallest absolute Gasteiger partial charge is 0.261 e. The van der Waals surface area contributed by atoms with Crippen molar-refractivity contribution in [3.8, 4) is 0 Å². The first-order valence-corrected chi connectivity index (χ1v) is 4.09. The lowest BCUT2D eigenvalue weighted by Gasteiger charge is -2.17. The first kappa shape index (κ1) is 8.92. The fourth-order valence-electron chi connectivity index (χ4n) is 0.279. The number of hydrogen-bond acceptors (Lipinski definition) is 1. The molecule has 0 unspecified atom stereocenters. The maximum atomic E-state index is 5.41. The van der Waals surface area contributed by atoms with E-state index in [-0.39, 0.29) is 5.60 Å². The molecule has 0 aliphatic heterocycles. The van der Waals surface area contributed by atoms with Gasteiger partial charge in [0.1, 0.15) is 0 Å². The number of hydrogen-bond donors (Lipinski definition) is 0. The zero-order valence-electron chi connectivity index (χ0n) is 6.56. The minimum absolute atomic E-state index is 0.0119. The molecule has 0 aromatic carbocycles. The van der Waals surface area contributed by atoms with Crippen molar-refractivity contribution in [3.63, 3.8) is 0 Å². The van der Waals surface area contributed by atoms with Crippen LogP contribution in [0, 0.1) is 0 Å². The van der Waals surface area contributed by atoms with E-state index in [1.54, 1.807) is 0 Å². The molecule has 0 N–H and O–H groups in total. The molecule has 0 aliphatic carbocycles. The summed E-state index contributed by atoms with van der Waals surface area (Å²) in [7, 11) is 0.503. The van der Waals surface area contributed by atoms with Crippen LogP contribution < -0.4 is 0 Å². The summed E-state index contributed by atoms with van der Waals surface area (Å²) in [5.41, 5.74) is 2.04. The van der Waals surface area contributed by atoms with Gasteiger partial charge in [0.2, 0.25) is 0 Å². The lowest BCUT2D eigenvalue weighted by molar-refractivity contribution is 0.141. The first-order valence-electron chi connectivity index (χ1n) is 3.11. The van der Waals surface area contributed by atoms with Gasteiger partial charge in [-0.05, 0) is 27.7 Å². The Morgan fingerprint density at radius 1 is 1.33 bits per heavy atom. The summed E-state index contributed by atoms with van der Waals surface area (Å²) in [4.78, 5) is 0. The third-order valence-corrected chi connectivity index (χ3v) is 1.80. The highest BCUT2D eigenvalue weighted by Gasteiger charge is 2.07. The second-order valence-electron chi connectivity index (χ2n) is 2.83. The quantitative estimate of drug-likeness (QED) is 0.535. The molecule has 0 aliphatic rings. The highest BCUT2D eigenvalue weighted by molar-refractivity contribution is 6.34. The van der Waals surface area contributed by atoms with Crippen molar-refractivity contribution >= 4 is 9.76 Å². The molecule has 0 spiro atoms. The van der Waals surface area contributed by atoms with Gasteiger partial charge in [0.05, 0.1) is 0 Å². The molecule has 0 rings (SSSR count). The summed E-state index contributed by atoms with van der Waals surface area (Å²) in [6.07, 6.45) is 2.00. The topological polar surface area (TPSA) is 9.23 Å². The van der Waals surface area contributed by atoms with Gasteiger partial charge in [-0.25, -0.2) is 0 Å². The Labute approximate surface area is 60.1 Å². The van der Waals surface area contributed by atoms with Gasteiger partial charge in [0.25, 0.3) is 9.76 Å². The molecule has 0 bridgehead atoms. The Bertz CT molecular complexity index is 91.6. The summed E-state index contributed by atoms with van der Waals surface area (Å²) in [5.74, 6) is 0. The van der Waals surface area contributed by atoms with Crippen LogP contribution in [-0.4, -0.2) is 15.4 Å². The Balaban J connectivity index is 3.28. The van der Waals surface area contributed by atoms with Crippen molar-refractivity contribution in [1.29, 1.82) is 0 Å². The van der Waals surface area contributed by atoms with Crippen molar-refractivity contribution in [2.24, 2.45) is 0 Å². The van der Waals surface area contributed by atoms with Crippen LogP contribution in [0.25, 0.3) is 0 Å². The van der Waals surface area contributed by atoms with Crippen molar-refractivity contribution in [2.45, 2.75) is 33.3 Å². The Hall–Kier alpha value is -0.0831. The van der Waals surface area contributed by atoms with Gasteiger partial charge in [-0.2, -0.15) is 0 Å². The van der Waals surface area contributed by atoms with E-state index < -0.39 is 0 Å². The van der Waals surface area contributed by atoms with E-state index in [9.17, 15) is 0 Å². The summed E-state index contributed by atoms with van der Waals surface area (Å²) < 4.78 is 5.41. The van der Waals surface area contributed by atoms with E-state index in [1.165, 1.54) is 0 Å².